The second-order valence-electron chi connectivity index (χ2n) is 8.70. The van der Waals surface area contributed by atoms with E-state index in [2.05, 4.69) is 15.2 Å². The van der Waals surface area contributed by atoms with Crippen LogP contribution in [0.5, 0.6) is 0 Å². The average Bonchev–Trinajstić information content (AvgIpc) is 3.34. The molecule has 0 saturated carbocycles. The first-order valence-corrected chi connectivity index (χ1v) is 13.0. The number of ether oxygens (including phenoxy) is 1. The minimum Gasteiger partial charge on any atom is -0.377 e. The van der Waals surface area contributed by atoms with Gasteiger partial charge in [0.2, 0.25) is 0 Å². The number of sulfone groups is 1. The summed E-state index contributed by atoms with van der Waals surface area (Å²) in [6.07, 6.45) is 4.61. The maximum atomic E-state index is 13.5. The Hall–Kier alpha value is -3.83. The molecule has 1 atom stereocenters. The molecule has 2 aromatic heterocycles. The van der Waals surface area contributed by atoms with Gasteiger partial charge in [-0.1, -0.05) is 24.3 Å². The number of carbonyl (C=O) groups is 1. The fourth-order valence-corrected chi connectivity index (χ4v) is 5.16. The van der Waals surface area contributed by atoms with Crippen LogP contribution >= 0.6 is 0 Å². The van der Waals surface area contributed by atoms with E-state index in [-0.39, 0.29) is 24.0 Å². The highest BCUT2D eigenvalue weighted by molar-refractivity contribution is 7.90. The number of aromatic amines is 1. The van der Waals surface area contributed by atoms with Crippen molar-refractivity contribution in [1.82, 2.24) is 20.2 Å². The molecular formula is C24H22N6O4S. The standard InChI is InChI=1S/C24H22N6O4S/c1-35(32,33)18-6-2-15(3-7-18)13-30-20-12-25-22(16-4-5-17-11-26-28-19(17)10-16)27-23(20)29-8-9-34-14-21(29)24(30)31/h2-7,10-12,21H,8-9,13-14H2,1H3,(H,26,28). The monoisotopic (exact) mass is 490 g/mol. The second kappa shape index (κ2) is 8.14. The van der Waals surface area contributed by atoms with Gasteiger partial charge in [0.15, 0.2) is 21.5 Å². The van der Waals surface area contributed by atoms with Crippen LogP contribution in [-0.2, 0) is 25.9 Å². The minimum absolute atomic E-state index is 0.0976. The summed E-state index contributed by atoms with van der Waals surface area (Å²) >= 11 is 0. The first-order chi connectivity index (χ1) is 16.9. The highest BCUT2D eigenvalue weighted by Gasteiger charge is 2.41. The number of H-pyrrole nitrogens is 1. The fourth-order valence-electron chi connectivity index (χ4n) is 4.53. The zero-order valence-electron chi connectivity index (χ0n) is 18.9. The molecule has 1 saturated heterocycles. The van der Waals surface area contributed by atoms with Crippen molar-refractivity contribution in [3.63, 3.8) is 0 Å². The van der Waals surface area contributed by atoms with Crippen molar-refractivity contribution < 1.29 is 17.9 Å². The Labute approximate surface area is 201 Å². The van der Waals surface area contributed by atoms with E-state index in [1.807, 2.05) is 23.1 Å². The topological polar surface area (TPSA) is 121 Å². The van der Waals surface area contributed by atoms with Gasteiger partial charge in [0.05, 0.1) is 42.6 Å². The SMILES string of the molecule is CS(=O)(=O)c1ccc(CN2C(=O)C3COCCN3c3nc(-c4ccc5cn[nH]c5c4)ncc32)cc1. The van der Waals surface area contributed by atoms with Gasteiger partial charge in [0.25, 0.3) is 5.91 Å². The molecule has 0 aliphatic carbocycles. The van der Waals surface area contributed by atoms with Crippen LogP contribution in [0.3, 0.4) is 0 Å². The number of carbonyl (C=O) groups excluding carboxylic acids is 1. The Kier molecular flexibility index (Phi) is 5.04. The molecule has 2 aromatic carbocycles. The van der Waals surface area contributed by atoms with Gasteiger partial charge in [-0.15, -0.1) is 0 Å². The number of hydrogen-bond acceptors (Lipinski definition) is 8. The molecule has 4 aromatic rings. The number of hydrogen-bond donors (Lipinski definition) is 1. The number of morpholine rings is 1. The Balaban J connectivity index is 1.40. The number of aromatic nitrogens is 4. The molecule has 2 aliphatic heterocycles. The Morgan fingerprint density at radius 3 is 2.77 bits per heavy atom. The van der Waals surface area contributed by atoms with Crippen LogP contribution < -0.4 is 9.80 Å². The van der Waals surface area contributed by atoms with E-state index in [9.17, 15) is 13.2 Å². The van der Waals surface area contributed by atoms with E-state index < -0.39 is 15.9 Å². The highest BCUT2D eigenvalue weighted by atomic mass is 32.2. The summed E-state index contributed by atoms with van der Waals surface area (Å²) in [5, 5.41) is 8.04. The molecular weight excluding hydrogens is 468 g/mol. The van der Waals surface area contributed by atoms with Crippen LogP contribution in [0.1, 0.15) is 5.56 Å². The fraction of sp³-hybridized carbons (Fsp3) is 0.250. The Morgan fingerprint density at radius 1 is 1.14 bits per heavy atom. The zero-order valence-corrected chi connectivity index (χ0v) is 19.7. The van der Waals surface area contributed by atoms with Crippen molar-refractivity contribution >= 4 is 38.2 Å². The Bertz CT molecular complexity index is 1550. The van der Waals surface area contributed by atoms with E-state index in [4.69, 9.17) is 9.72 Å². The lowest BCUT2D eigenvalue weighted by Crippen LogP contribution is -2.58. The lowest BCUT2D eigenvalue weighted by atomic mass is 10.1. The molecule has 10 nitrogen and oxygen atoms in total. The zero-order chi connectivity index (χ0) is 24.2. The molecule has 1 N–H and O–H groups in total. The maximum Gasteiger partial charge on any atom is 0.252 e. The second-order valence-corrected chi connectivity index (χ2v) is 10.7. The summed E-state index contributed by atoms with van der Waals surface area (Å²) in [4.78, 5) is 26.8. The lowest BCUT2D eigenvalue weighted by Gasteiger charge is -2.43. The van der Waals surface area contributed by atoms with Crippen molar-refractivity contribution in [2.75, 3.05) is 35.8 Å². The average molecular weight is 491 g/mol. The van der Waals surface area contributed by atoms with Crippen molar-refractivity contribution in [1.29, 1.82) is 0 Å². The molecule has 0 radical (unpaired) electrons. The summed E-state index contributed by atoms with van der Waals surface area (Å²) in [7, 11) is -3.30. The maximum absolute atomic E-state index is 13.5. The smallest absolute Gasteiger partial charge is 0.252 e. The summed E-state index contributed by atoms with van der Waals surface area (Å²) in [5.41, 5.74) is 3.15. The van der Waals surface area contributed by atoms with Crippen LogP contribution in [0.4, 0.5) is 11.5 Å². The lowest BCUT2D eigenvalue weighted by molar-refractivity contribution is -0.122. The largest absolute Gasteiger partial charge is 0.377 e. The quantitative estimate of drug-likeness (QED) is 0.462. The molecule has 1 unspecified atom stereocenters. The molecule has 1 amide bonds. The van der Waals surface area contributed by atoms with Gasteiger partial charge in [-0.3, -0.25) is 9.89 Å². The van der Waals surface area contributed by atoms with Gasteiger partial charge in [-0.05, 0) is 23.8 Å². The number of benzene rings is 2. The van der Waals surface area contributed by atoms with Gasteiger partial charge in [0, 0.05) is 23.8 Å². The van der Waals surface area contributed by atoms with E-state index in [1.165, 1.54) is 6.26 Å². The molecule has 0 spiro atoms. The summed E-state index contributed by atoms with van der Waals surface area (Å²) in [6, 6.07) is 11.9. The van der Waals surface area contributed by atoms with Crippen LogP contribution in [0, 0.1) is 0 Å². The summed E-state index contributed by atoms with van der Waals surface area (Å²) < 4.78 is 29.2. The van der Waals surface area contributed by atoms with Gasteiger partial charge in [-0.2, -0.15) is 5.10 Å². The molecule has 2 aliphatic rings. The van der Waals surface area contributed by atoms with Crippen LogP contribution in [0.2, 0.25) is 0 Å². The number of rotatable bonds is 4. The number of fused-ring (bicyclic) bond motifs is 4. The molecule has 11 heteroatoms. The number of nitrogens with zero attached hydrogens (tertiary/aromatic N) is 5. The predicted octanol–water partition coefficient (Wildman–Crippen LogP) is 2.18. The molecule has 1 fully saturated rings. The summed E-state index contributed by atoms with van der Waals surface area (Å²) in [5.74, 6) is 1.14. The Morgan fingerprint density at radius 2 is 1.97 bits per heavy atom. The van der Waals surface area contributed by atoms with Crippen molar-refractivity contribution in [2.45, 2.75) is 17.5 Å². The third-order valence-corrected chi connectivity index (χ3v) is 7.51. The first kappa shape index (κ1) is 21.7. The van der Waals surface area contributed by atoms with Gasteiger partial charge in [0.1, 0.15) is 11.7 Å². The van der Waals surface area contributed by atoms with Gasteiger partial charge >= 0.3 is 0 Å². The molecule has 6 rings (SSSR count). The third kappa shape index (κ3) is 3.82. The van der Waals surface area contributed by atoms with E-state index >= 15 is 0 Å². The number of anilines is 2. The molecule has 0 bridgehead atoms. The van der Waals surface area contributed by atoms with Crippen molar-refractivity contribution in [2.24, 2.45) is 0 Å². The number of nitrogens with one attached hydrogen (secondary N) is 1. The molecule has 4 heterocycles. The van der Waals surface area contributed by atoms with E-state index in [0.717, 1.165) is 22.0 Å². The van der Waals surface area contributed by atoms with Crippen LogP contribution in [0.25, 0.3) is 22.3 Å². The third-order valence-electron chi connectivity index (χ3n) is 6.38. The molecule has 178 valence electrons. The predicted molar refractivity (Wildman–Crippen MR) is 130 cm³/mol. The van der Waals surface area contributed by atoms with Gasteiger partial charge < -0.3 is 14.5 Å². The number of amides is 1. The highest BCUT2D eigenvalue weighted by Crippen LogP contribution is 2.37. The summed E-state index contributed by atoms with van der Waals surface area (Å²) in [6.45, 7) is 1.61. The van der Waals surface area contributed by atoms with Crippen molar-refractivity contribution in [3.8, 4) is 11.4 Å². The van der Waals surface area contributed by atoms with Crippen LogP contribution in [-0.4, -0.2) is 66.5 Å². The van der Waals surface area contributed by atoms with Crippen LogP contribution in [0.15, 0.2) is 59.8 Å². The normalized spacial score (nSPS) is 18.0. The van der Waals surface area contributed by atoms with Gasteiger partial charge in [-0.25, -0.2) is 18.4 Å². The van der Waals surface area contributed by atoms with E-state index in [1.54, 1.807) is 41.6 Å². The minimum atomic E-state index is -3.30. The first-order valence-electron chi connectivity index (χ1n) is 11.1. The molecule has 35 heavy (non-hydrogen) atoms. The van der Waals surface area contributed by atoms with Crippen molar-refractivity contribution in [3.05, 3.63) is 60.4 Å². The van der Waals surface area contributed by atoms with E-state index in [0.29, 0.717) is 30.5 Å².